The molecule has 0 radical (unpaired) electrons. The Morgan fingerprint density at radius 3 is 2.64 bits per heavy atom. The van der Waals surface area contributed by atoms with E-state index in [1.54, 1.807) is 18.2 Å². The molecule has 0 unspecified atom stereocenters. The predicted molar refractivity (Wildman–Crippen MR) is 106 cm³/mol. The molecule has 0 saturated carbocycles. The lowest BCUT2D eigenvalue weighted by molar-refractivity contribution is -0.162. The third-order valence-electron chi connectivity index (χ3n) is 4.50. The fraction of sp³-hybridized carbons (Fsp3) is 0.238. The number of hydrogen-bond acceptors (Lipinski definition) is 4. The lowest BCUT2D eigenvalue weighted by Gasteiger charge is -2.19. The molecule has 6 nitrogen and oxygen atoms in total. The third-order valence-corrected chi connectivity index (χ3v) is 4.87. The van der Waals surface area contributed by atoms with Crippen LogP contribution < -0.4 is 0 Å². The van der Waals surface area contributed by atoms with E-state index in [1.165, 1.54) is 13.8 Å². The molecule has 0 aliphatic carbocycles. The molecule has 28 heavy (non-hydrogen) atoms. The van der Waals surface area contributed by atoms with Crippen LogP contribution in [0.15, 0.2) is 48.5 Å². The van der Waals surface area contributed by atoms with E-state index >= 15 is 0 Å². The van der Waals surface area contributed by atoms with E-state index in [1.807, 2.05) is 30.3 Å². The minimum absolute atomic E-state index is 0.0222. The predicted octanol–water partition coefficient (Wildman–Crippen LogP) is 4.41. The summed E-state index contributed by atoms with van der Waals surface area (Å²) in [4.78, 5) is 11.3. The Balaban J connectivity index is 2.00. The molecule has 0 spiro atoms. The van der Waals surface area contributed by atoms with Gasteiger partial charge < -0.3 is 14.9 Å². The molecular weight excluding hydrogens is 380 g/mol. The van der Waals surface area contributed by atoms with Crippen LogP contribution in [0.25, 0.3) is 11.3 Å². The highest BCUT2D eigenvalue weighted by Crippen LogP contribution is 2.31. The summed E-state index contributed by atoms with van der Waals surface area (Å²) in [6.07, 6.45) is 0.480. The molecule has 0 saturated heterocycles. The molecule has 1 aromatic heterocycles. The van der Waals surface area contributed by atoms with Gasteiger partial charge in [-0.25, -0.2) is 4.79 Å². The summed E-state index contributed by atoms with van der Waals surface area (Å²) < 4.78 is 5.59. The van der Waals surface area contributed by atoms with Crippen LogP contribution in [-0.2, 0) is 22.6 Å². The highest BCUT2D eigenvalue weighted by atomic mass is 35.5. The van der Waals surface area contributed by atoms with Crippen LogP contribution in [0.3, 0.4) is 0 Å². The van der Waals surface area contributed by atoms with Crippen LogP contribution in [-0.4, -0.2) is 32.0 Å². The molecule has 2 aromatic carbocycles. The first-order chi connectivity index (χ1) is 13.3. The number of carboxylic acid groups (broad SMARTS) is 1. The summed E-state index contributed by atoms with van der Waals surface area (Å²) >= 11 is 6.33. The average molecular weight is 401 g/mol. The van der Waals surface area contributed by atoms with Gasteiger partial charge in [-0.15, -0.1) is 0 Å². The van der Waals surface area contributed by atoms with Gasteiger partial charge in [0.05, 0.1) is 18.0 Å². The van der Waals surface area contributed by atoms with E-state index < -0.39 is 11.6 Å². The second-order valence-corrected chi connectivity index (χ2v) is 7.35. The minimum atomic E-state index is -1.34. The fourth-order valence-corrected chi connectivity index (χ4v) is 2.96. The lowest BCUT2D eigenvalue weighted by Crippen LogP contribution is -2.34. The second-order valence-electron chi connectivity index (χ2n) is 6.95. The molecule has 0 amide bonds. The lowest BCUT2D eigenvalue weighted by atomic mass is 9.99. The van der Waals surface area contributed by atoms with Gasteiger partial charge in [-0.05, 0) is 37.6 Å². The second kappa shape index (κ2) is 8.04. The summed E-state index contributed by atoms with van der Waals surface area (Å²) in [6, 6.07) is 14.3. The molecule has 3 N–H and O–H groups in total. The smallest absolute Gasteiger partial charge is 0.335 e. The topological polar surface area (TPSA) is 95.4 Å². The summed E-state index contributed by atoms with van der Waals surface area (Å²) in [7, 11) is 0. The van der Waals surface area contributed by atoms with Gasteiger partial charge in [0.2, 0.25) is 0 Å². The highest BCUT2D eigenvalue weighted by molar-refractivity contribution is 6.31. The maximum Gasteiger partial charge on any atom is 0.335 e. The number of aromatic hydroxyl groups is 1. The number of benzene rings is 2. The third kappa shape index (κ3) is 4.35. The van der Waals surface area contributed by atoms with Gasteiger partial charge in [0.15, 0.2) is 5.60 Å². The largest absolute Gasteiger partial charge is 0.508 e. The number of aliphatic carboxylic acids is 1. The van der Waals surface area contributed by atoms with Gasteiger partial charge in [0.1, 0.15) is 5.75 Å². The Kier molecular flexibility index (Phi) is 5.72. The summed E-state index contributed by atoms with van der Waals surface area (Å²) in [6.45, 7) is 3.01. The molecule has 0 aliphatic heterocycles. The molecule has 1 heterocycles. The maximum atomic E-state index is 11.3. The van der Waals surface area contributed by atoms with Crippen molar-refractivity contribution in [3.05, 3.63) is 70.4 Å². The first-order valence-corrected chi connectivity index (χ1v) is 9.12. The Morgan fingerprint density at radius 2 is 1.96 bits per heavy atom. The van der Waals surface area contributed by atoms with Crippen molar-refractivity contribution >= 4 is 17.6 Å². The van der Waals surface area contributed by atoms with Crippen LogP contribution >= 0.6 is 11.6 Å². The molecule has 146 valence electrons. The molecular formula is C21H21ClN2O4. The van der Waals surface area contributed by atoms with Crippen molar-refractivity contribution in [1.29, 1.82) is 0 Å². The van der Waals surface area contributed by atoms with E-state index in [0.29, 0.717) is 17.1 Å². The number of ether oxygens (including phenoxy) is 1. The van der Waals surface area contributed by atoms with E-state index in [0.717, 1.165) is 22.4 Å². The Morgan fingerprint density at radius 1 is 1.21 bits per heavy atom. The van der Waals surface area contributed by atoms with Crippen molar-refractivity contribution in [1.82, 2.24) is 10.2 Å². The SMILES string of the molecule is CC(C)(OCc1n[nH]c(-c2cccc(O)c2)c1Cc1ccccc1Cl)C(=O)O. The Bertz CT molecular complexity index is 998. The van der Waals surface area contributed by atoms with Gasteiger partial charge in [0.25, 0.3) is 0 Å². The van der Waals surface area contributed by atoms with E-state index in [9.17, 15) is 15.0 Å². The van der Waals surface area contributed by atoms with Crippen molar-refractivity contribution in [2.75, 3.05) is 0 Å². The van der Waals surface area contributed by atoms with Gasteiger partial charge in [0, 0.05) is 22.6 Å². The van der Waals surface area contributed by atoms with Gasteiger partial charge in [-0.1, -0.05) is 41.9 Å². The van der Waals surface area contributed by atoms with Crippen molar-refractivity contribution in [2.45, 2.75) is 32.5 Å². The Labute approximate surface area is 167 Å². The number of aromatic nitrogens is 2. The molecule has 0 aliphatic rings. The zero-order chi connectivity index (χ0) is 20.3. The van der Waals surface area contributed by atoms with Crippen LogP contribution in [0.4, 0.5) is 0 Å². The minimum Gasteiger partial charge on any atom is -0.508 e. The van der Waals surface area contributed by atoms with Crippen molar-refractivity contribution in [3.8, 4) is 17.0 Å². The number of H-pyrrole nitrogens is 1. The summed E-state index contributed by atoms with van der Waals surface area (Å²) in [5, 5.41) is 27.1. The zero-order valence-corrected chi connectivity index (χ0v) is 16.3. The van der Waals surface area contributed by atoms with E-state index in [2.05, 4.69) is 10.2 Å². The number of aromatic amines is 1. The molecule has 3 rings (SSSR count). The summed E-state index contributed by atoms with van der Waals surface area (Å²) in [5.74, 6) is -0.913. The summed E-state index contributed by atoms with van der Waals surface area (Å²) in [5.41, 5.74) is 2.48. The number of nitrogens with zero attached hydrogens (tertiary/aromatic N) is 1. The number of carbonyl (C=O) groups is 1. The first kappa shape index (κ1) is 19.9. The van der Waals surface area contributed by atoms with Crippen LogP contribution in [0.1, 0.15) is 30.7 Å². The number of phenols is 1. The molecule has 0 atom stereocenters. The number of hydrogen-bond donors (Lipinski definition) is 3. The monoisotopic (exact) mass is 400 g/mol. The highest BCUT2D eigenvalue weighted by Gasteiger charge is 2.29. The normalized spacial score (nSPS) is 11.5. The van der Waals surface area contributed by atoms with E-state index in [-0.39, 0.29) is 12.4 Å². The maximum absolute atomic E-state index is 11.3. The van der Waals surface area contributed by atoms with Crippen LogP contribution in [0.2, 0.25) is 5.02 Å². The van der Waals surface area contributed by atoms with Gasteiger partial charge in [-0.3, -0.25) is 5.10 Å². The molecule has 3 aromatic rings. The van der Waals surface area contributed by atoms with Gasteiger partial charge >= 0.3 is 5.97 Å². The molecule has 0 fully saturated rings. The number of carboxylic acids is 1. The van der Waals surface area contributed by atoms with Gasteiger partial charge in [-0.2, -0.15) is 5.10 Å². The fourth-order valence-electron chi connectivity index (χ4n) is 2.76. The molecule has 0 bridgehead atoms. The zero-order valence-electron chi connectivity index (χ0n) is 15.6. The first-order valence-electron chi connectivity index (χ1n) is 8.74. The van der Waals surface area contributed by atoms with Crippen LogP contribution in [0, 0.1) is 0 Å². The molecule has 7 heteroatoms. The number of nitrogens with one attached hydrogen (secondary N) is 1. The number of rotatable bonds is 7. The van der Waals surface area contributed by atoms with Crippen molar-refractivity contribution in [3.63, 3.8) is 0 Å². The Hall–Kier alpha value is -2.83. The van der Waals surface area contributed by atoms with Crippen molar-refractivity contribution < 1.29 is 19.7 Å². The standard InChI is InChI=1S/C21H21ClN2O4/c1-21(2,20(26)27)28-12-18-16(11-13-6-3-4-9-17(13)22)19(24-23-18)14-7-5-8-15(25)10-14/h3-10,25H,11-12H2,1-2H3,(H,23,24)(H,26,27). The van der Waals surface area contributed by atoms with Crippen LogP contribution in [0.5, 0.6) is 5.75 Å². The van der Waals surface area contributed by atoms with Crippen molar-refractivity contribution in [2.24, 2.45) is 0 Å². The average Bonchev–Trinajstić information content (AvgIpc) is 3.04. The number of halogens is 1. The van der Waals surface area contributed by atoms with E-state index in [4.69, 9.17) is 16.3 Å². The quantitative estimate of drug-likeness (QED) is 0.546. The number of phenolic OH excluding ortho intramolecular Hbond substituents is 1.